The molecule has 0 radical (unpaired) electrons. The number of ether oxygens (including phenoxy) is 2. The number of hydrogen-bond donors (Lipinski definition) is 2. The highest BCUT2D eigenvalue weighted by atomic mass is 16.5. The summed E-state index contributed by atoms with van der Waals surface area (Å²) in [6, 6.07) is 3.56. The van der Waals surface area contributed by atoms with Crippen LogP contribution in [0.15, 0.2) is 30.1 Å². The Kier molecular flexibility index (Phi) is 10.4. The van der Waals surface area contributed by atoms with Gasteiger partial charge in [0.25, 0.3) is 0 Å². The maximum Gasteiger partial charge on any atom is 0.306 e. The van der Waals surface area contributed by atoms with Gasteiger partial charge < -0.3 is 25.0 Å². The Morgan fingerprint density at radius 1 is 1.33 bits per heavy atom. The average molecular weight is 375 g/mol. The standard InChI is InChI=1S/C20H29N3O4/c1-4-27-20(25)11-18(16-8-9-19(26-3)23-14-16)17(12-21)13-22-10-6-5-7-15(2)24/h8-9,12-14,18,21-22H,4-7,10-11H2,1-3H3/b17-13+,21-12?. The summed E-state index contributed by atoms with van der Waals surface area (Å²) in [6.07, 6.45) is 7.00. The molecule has 1 heterocycles. The van der Waals surface area contributed by atoms with Gasteiger partial charge in [0.2, 0.25) is 5.88 Å². The van der Waals surface area contributed by atoms with Gasteiger partial charge in [0, 0.05) is 43.6 Å². The molecule has 0 amide bonds. The summed E-state index contributed by atoms with van der Waals surface area (Å²) in [5, 5.41) is 10.9. The van der Waals surface area contributed by atoms with Crippen LogP contribution in [0.4, 0.5) is 0 Å². The molecule has 1 aromatic heterocycles. The zero-order chi connectivity index (χ0) is 20.1. The molecular weight excluding hydrogens is 346 g/mol. The van der Waals surface area contributed by atoms with Gasteiger partial charge in [-0.3, -0.25) is 4.79 Å². The van der Waals surface area contributed by atoms with Crippen molar-refractivity contribution in [2.75, 3.05) is 20.3 Å². The first kappa shape index (κ1) is 22.3. The number of esters is 1. The Hall–Kier alpha value is -2.70. The molecule has 0 aromatic carbocycles. The lowest BCUT2D eigenvalue weighted by Gasteiger charge is -2.18. The van der Waals surface area contributed by atoms with Gasteiger partial charge in [-0.15, -0.1) is 0 Å². The van der Waals surface area contributed by atoms with Gasteiger partial charge in [-0.05, 0) is 37.8 Å². The lowest BCUT2D eigenvalue weighted by molar-refractivity contribution is -0.143. The third-order valence-electron chi connectivity index (χ3n) is 3.98. The number of Topliss-reactive ketones (excluding diaryl/α,β-unsaturated/α-hetero) is 1. The van der Waals surface area contributed by atoms with E-state index < -0.39 is 0 Å². The van der Waals surface area contributed by atoms with Crippen LogP contribution in [0.25, 0.3) is 0 Å². The average Bonchev–Trinajstić information content (AvgIpc) is 2.66. The first-order valence-corrected chi connectivity index (χ1v) is 9.10. The summed E-state index contributed by atoms with van der Waals surface area (Å²) in [5.41, 5.74) is 1.46. The van der Waals surface area contributed by atoms with E-state index in [4.69, 9.17) is 14.9 Å². The highest BCUT2D eigenvalue weighted by Crippen LogP contribution is 2.27. The summed E-state index contributed by atoms with van der Waals surface area (Å²) in [6.45, 7) is 4.35. The Labute approximate surface area is 160 Å². The summed E-state index contributed by atoms with van der Waals surface area (Å²) < 4.78 is 10.2. The van der Waals surface area contributed by atoms with Crippen molar-refractivity contribution in [3.05, 3.63) is 35.7 Å². The molecule has 0 spiro atoms. The van der Waals surface area contributed by atoms with Crippen molar-refractivity contribution in [1.29, 1.82) is 5.41 Å². The molecule has 7 nitrogen and oxygen atoms in total. The third kappa shape index (κ3) is 8.48. The van der Waals surface area contributed by atoms with Crippen LogP contribution in [-0.2, 0) is 14.3 Å². The van der Waals surface area contributed by atoms with Crippen molar-refractivity contribution in [3.63, 3.8) is 0 Å². The predicted octanol–water partition coefficient (Wildman–Crippen LogP) is 3.01. The second kappa shape index (κ2) is 12.6. The maximum absolute atomic E-state index is 12.0. The monoisotopic (exact) mass is 375 g/mol. The zero-order valence-corrected chi connectivity index (χ0v) is 16.3. The maximum atomic E-state index is 12.0. The summed E-state index contributed by atoms with van der Waals surface area (Å²) in [4.78, 5) is 27.2. The molecule has 0 aliphatic rings. The molecule has 0 fully saturated rings. The van der Waals surface area contributed by atoms with Gasteiger partial charge in [-0.2, -0.15) is 0 Å². The van der Waals surface area contributed by atoms with E-state index >= 15 is 0 Å². The lowest BCUT2D eigenvalue weighted by Crippen LogP contribution is -2.16. The van der Waals surface area contributed by atoms with Crippen LogP contribution in [-0.4, -0.2) is 43.2 Å². The van der Waals surface area contributed by atoms with Crippen molar-refractivity contribution in [2.24, 2.45) is 0 Å². The van der Waals surface area contributed by atoms with Crippen molar-refractivity contribution in [3.8, 4) is 5.88 Å². The Bertz CT molecular complexity index is 641. The smallest absolute Gasteiger partial charge is 0.306 e. The first-order valence-electron chi connectivity index (χ1n) is 9.10. The molecule has 0 aliphatic heterocycles. The minimum Gasteiger partial charge on any atom is -0.481 e. The quantitative estimate of drug-likeness (QED) is 0.312. The molecule has 1 rings (SSSR count). The minimum atomic E-state index is -0.343. The van der Waals surface area contributed by atoms with E-state index in [1.54, 1.807) is 32.3 Å². The van der Waals surface area contributed by atoms with Gasteiger partial charge >= 0.3 is 5.97 Å². The number of unbranched alkanes of at least 4 members (excludes halogenated alkanes) is 1. The number of allylic oxidation sites excluding steroid dienone is 1. The second-order valence-electron chi connectivity index (χ2n) is 6.10. The van der Waals surface area contributed by atoms with Gasteiger partial charge in [0.15, 0.2) is 0 Å². The Balaban J connectivity index is 2.85. The summed E-state index contributed by atoms with van der Waals surface area (Å²) >= 11 is 0. The fourth-order valence-electron chi connectivity index (χ4n) is 2.57. The van der Waals surface area contributed by atoms with Gasteiger partial charge in [-0.1, -0.05) is 6.07 Å². The summed E-state index contributed by atoms with van der Waals surface area (Å²) in [7, 11) is 1.54. The van der Waals surface area contributed by atoms with Crippen LogP contribution >= 0.6 is 0 Å². The van der Waals surface area contributed by atoms with E-state index in [-0.39, 0.29) is 24.1 Å². The minimum absolute atomic E-state index is 0.120. The molecule has 1 aromatic rings. The molecule has 1 unspecified atom stereocenters. The van der Waals surface area contributed by atoms with E-state index in [1.165, 1.54) is 13.3 Å². The molecular formula is C20H29N3O4. The number of carbonyl (C=O) groups excluding carboxylic acids is 2. The van der Waals surface area contributed by atoms with Crippen molar-refractivity contribution in [2.45, 2.75) is 45.4 Å². The van der Waals surface area contributed by atoms with Gasteiger partial charge in [-0.25, -0.2) is 4.98 Å². The molecule has 2 N–H and O–H groups in total. The number of ketones is 1. The number of carbonyl (C=O) groups is 2. The number of pyridine rings is 1. The van der Waals surface area contributed by atoms with Crippen LogP contribution in [0.1, 0.15) is 51.0 Å². The number of methoxy groups -OCH3 is 1. The van der Waals surface area contributed by atoms with Crippen LogP contribution in [0.5, 0.6) is 5.88 Å². The molecule has 148 valence electrons. The van der Waals surface area contributed by atoms with Gasteiger partial charge in [0.1, 0.15) is 5.78 Å². The normalized spacial score (nSPS) is 12.2. The molecule has 0 aliphatic carbocycles. The van der Waals surface area contributed by atoms with E-state index in [2.05, 4.69) is 10.3 Å². The lowest BCUT2D eigenvalue weighted by atomic mass is 9.90. The molecule has 7 heteroatoms. The van der Waals surface area contributed by atoms with Crippen molar-refractivity contribution < 1.29 is 19.1 Å². The van der Waals surface area contributed by atoms with Gasteiger partial charge in [0.05, 0.1) is 20.1 Å². The number of hydrogen-bond acceptors (Lipinski definition) is 7. The molecule has 0 saturated carbocycles. The number of rotatable bonds is 13. The molecule has 0 saturated heterocycles. The highest BCUT2D eigenvalue weighted by Gasteiger charge is 2.21. The summed E-state index contributed by atoms with van der Waals surface area (Å²) in [5.74, 6) is 0.00189. The van der Waals surface area contributed by atoms with Crippen LogP contribution < -0.4 is 10.1 Å². The zero-order valence-electron chi connectivity index (χ0n) is 16.3. The van der Waals surface area contributed by atoms with E-state index in [1.807, 2.05) is 6.07 Å². The highest BCUT2D eigenvalue weighted by molar-refractivity contribution is 5.81. The van der Waals surface area contributed by atoms with Crippen molar-refractivity contribution >= 4 is 18.0 Å². The van der Waals surface area contributed by atoms with Crippen LogP contribution in [0.2, 0.25) is 0 Å². The topological polar surface area (TPSA) is 101 Å². The van der Waals surface area contributed by atoms with Crippen LogP contribution in [0, 0.1) is 5.41 Å². The fraction of sp³-hybridized carbons (Fsp3) is 0.500. The third-order valence-corrected chi connectivity index (χ3v) is 3.98. The fourth-order valence-corrected chi connectivity index (χ4v) is 2.57. The Morgan fingerprint density at radius 3 is 2.67 bits per heavy atom. The van der Waals surface area contributed by atoms with Crippen LogP contribution in [0.3, 0.4) is 0 Å². The largest absolute Gasteiger partial charge is 0.481 e. The number of aromatic nitrogens is 1. The SMILES string of the molecule is CCOC(=O)CC(/C(C=N)=C/NCCCCC(C)=O)c1ccc(OC)nc1. The van der Waals surface area contributed by atoms with E-state index in [0.29, 0.717) is 31.0 Å². The van der Waals surface area contributed by atoms with Crippen molar-refractivity contribution in [1.82, 2.24) is 10.3 Å². The first-order chi connectivity index (χ1) is 13.0. The number of nitrogens with zero attached hydrogens (tertiary/aromatic N) is 1. The van der Waals surface area contributed by atoms with E-state index in [0.717, 1.165) is 18.4 Å². The molecule has 27 heavy (non-hydrogen) atoms. The predicted molar refractivity (Wildman–Crippen MR) is 104 cm³/mol. The molecule has 1 atom stereocenters. The second-order valence-corrected chi connectivity index (χ2v) is 6.10. The molecule has 0 bridgehead atoms. The Morgan fingerprint density at radius 2 is 2.11 bits per heavy atom. The van der Waals surface area contributed by atoms with E-state index in [9.17, 15) is 9.59 Å². The number of nitrogens with one attached hydrogen (secondary N) is 2.